The van der Waals surface area contributed by atoms with Gasteiger partial charge in [0, 0.05) is 29.1 Å². The zero-order valence-corrected chi connectivity index (χ0v) is 17.5. The molecule has 0 aliphatic carbocycles. The fourth-order valence-corrected chi connectivity index (χ4v) is 3.34. The quantitative estimate of drug-likeness (QED) is 0.608. The van der Waals surface area contributed by atoms with E-state index in [-0.39, 0.29) is 16.5 Å². The highest BCUT2D eigenvalue weighted by Crippen LogP contribution is 2.37. The van der Waals surface area contributed by atoms with Gasteiger partial charge in [-0.05, 0) is 35.2 Å². The molecule has 1 heterocycles. The van der Waals surface area contributed by atoms with Crippen molar-refractivity contribution in [3.05, 3.63) is 93.4 Å². The van der Waals surface area contributed by atoms with Crippen LogP contribution >= 0.6 is 0 Å². The normalized spacial score (nSPS) is 11.6. The first-order valence-electron chi connectivity index (χ1n) is 9.63. The van der Waals surface area contributed by atoms with Gasteiger partial charge in [0.05, 0.1) is 12.7 Å². The fourth-order valence-electron chi connectivity index (χ4n) is 3.34. The third-order valence-corrected chi connectivity index (χ3v) is 4.85. The van der Waals surface area contributed by atoms with Gasteiger partial charge in [-0.25, -0.2) is 4.79 Å². The number of rotatable bonds is 5. The van der Waals surface area contributed by atoms with Gasteiger partial charge in [0.1, 0.15) is 5.75 Å². The summed E-state index contributed by atoms with van der Waals surface area (Å²) in [6.45, 7) is 6.24. The van der Waals surface area contributed by atoms with E-state index in [9.17, 15) is 14.7 Å². The van der Waals surface area contributed by atoms with Gasteiger partial charge < -0.3 is 9.84 Å². The number of aromatic carboxylic acids is 1. The molecule has 1 aromatic heterocycles. The molecule has 2 aromatic carbocycles. The summed E-state index contributed by atoms with van der Waals surface area (Å²) in [5, 5.41) is 9.44. The number of methoxy groups -OCH3 is 1. The summed E-state index contributed by atoms with van der Waals surface area (Å²) in [5.74, 6) is -0.290. The standard InChI is InChI=1S/C25H25NO4/c1-25(2,3)21-16-19(26-14-8-7-11-22(26)27)15-18(23(21)30-4)13-12-17-9-5-6-10-20(17)24(28)29/h5-16H,1-4H3,(H,28,29). The lowest BCUT2D eigenvalue weighted by Crippen LogP contribution is -2.19. The number of ether oxygens (including phenoxy) is 1. The van der Waals surface area contributed by atoms with Crippen LogP contribution in [0.5, 0.6) is 5.75 Å². The first-order valence-corrected chi connectivity index (χ1v) is 9.63. The molecular weight excluding hydrogens is 378 g/mol. The van der Waals surface area contributed by atoms with Gasteiger partial charge in [-0.1, -0.05) is 57.2 Å². The van der Waals surface area contributed by atoms with Crippen molar-refractivity contribution in [1.29, 1.82) is 0 Å². The van der Waals surface area contributed by atoms with Gasteiger partial charge in [0.25, 0.3) is 5.56 Å². The molecule has 0 bridgehead atoms. The molecule has 0 amide bonds. The van der Waals surface area contributed by atoms with E-state index in [1.165, 1.54) is 6.07 Å². The molecule has 0 aliphatic rings. The Morgan fingerprint density at radius 3 is 2.30 bits per heavy atom. The van der Waals surface area contributed by atoms with Crippen LogP contribution in [-0.2, 0) is 5.41 Å². The van der Waals surface area contributed by atoms with E-state index in [1.807, 2.05) is 18.2 Å². The maximum absolute atomic E-state index is 12.4. The highest BCUT2D eigenvalue weighted by molar-refractivity contribution is 5.93. The van der Waals surface area contributed by atoms with Crippen LogP contribution < -0.4 is 10.3 Å². The Labute approximate surface area is 175 Å². The van der Waals surface area contributed by atoms with Gasteiger partial charge in [0.15, 0.2) is 0 Å². The molecule has 1 N–H and O–H groups in total. The third kappa shape index (κ3) is 4.35. The molecule has 0 saturated heterocycles. The number of carboxylic acids is 1. The van der Waals surface area contributed by atoms with E-state index < -0.39 is 5.97 Å². The third-order valence-electron chi connectivity index (χ3n) is 4.85. The fraction of sp³-hybridized carbons (Fsp3) is 0.200. The van der Waals surface area contributed by atoms with Crippen LogP contribution in [0.25, 0.3) is 17.8 Å². The predicted octanol–water partition coefficient (Wildman–Crippen LogP) is 5.01. The van der Waals surface area contributed by atoms with Gasteiger partial charge in [-0.15, -0.1) is 0 Å². The second-order valence-corrected chi connectivity index (χ2v) is 8.00. The molecule has 0 saturated carbocycles. The minimum Gasteiger partial charge on any atom is -0.496 e. The van der Waals surface area contributed by atoms with Gasteiger partial charge >= 0.3 is 5.97 Å². The Morgan fingerprint density at radius 1 is 1.00 bits per heavy atom. The Balaban J connectivity index is 2.23. The van der Waals surface area contributed by atoms with Crippen LogP contribution in [0.15, 0.2) is 65.6 Å². The van der Waals surface area contributed by atoms with Crippen LogP contribution in [0.1, 0.15) is 47.8 Å². The molecule has 30 heavy (non-hydrogen) atoms. The minimum absolute atomic E-state index is 0.131. The van der Waals surface area contributed by atoms with Crippen LogP contribution in [0.4, 0.5) is 0 Å². The number of aromatic nitrogens is 1. The van der Waals surface area contributed by atoms with Crippen molar-refractivity contribution in [2.75, 3.05) is 7.11 Å². The molecule has 3 rings (SSSR count). The lowest BCUT2D eigenvalue weighted by molar-refractivity contribution is 0.0696. The smallest absolute Gasteiger partial charge is 0.336 e. The van der Waals surface area contributed by atoms with Crippen molar-refractivity contribution >= 4 is 18.1 Å². The van der Waals surface area contributed by atoms with Crippen LogP contribution in [-0.4, -0.2) is 22.8 Å². The topological polar surface area (TPSA) is 68.5 Å². The number of hydrogen-bond acceptors (Lipinski definition) is 3. The Bertz CT molecular complexity index is 1170. The molecule has 0 spiro atoms. The Kier molecular flexibility index (Phi) is 5.92. The highest BCUT2D eigenvalue weighted by atomic mass is 16.5. The van der Waals surface area contributed by atoms with Crippen molar-refractivity contribution < 1.29 is 14.6 Å². The van der Waals surface area contributed by atoms with E-state index in [0.29, 0.717) is 11.3 Å². The number of carboxylic acid groups (broad SMARTS) is 1. The van der Waals surface area contributed by atoms with E-state index in [0.717, 1.165) is 16.8 Å². The molecule has 0 aliphatic heterocycles. The van der Waals surface area contributed by atoms with Crippen molar-refractivity contribution in [1.82, 2.24) is 4.57 Å². The van der Waals surface area contributed by atoms with Crippen molar-refractivity contribution in [3.63, 3.8) is 0 Å². The number of nitrogens with zero attached hydrogens (tertiary/aromatic N) is 1. The lowest BCUT2D eigenvalue weighted by Gasteiger charge is -2.25. The molecule has 154 valence electrons. The average Bonchev–Trinajstić information content (AvgIpc) is 2.71. The average molecular weight is 403 g/mol. The second-order valence-electron chi connectivity index (χ2n) is 8.00. The molecule has 0 fully saturated rings. The SMILES string of the molecule is COc1c(C=Cc2ccccc2C(=O)O)cc(-n2ccccc2=O)cc1C(C)(C)C. The summed E-state index contributed by atoms with van der Waals surface area (Å²) >= 11 is 0. The number of carbonyl (C=O) groups is 1. The van der Waals surface area contributed by atoms with E-state index >= 15 is 0 Å². The summed E-state index contributed by atoms with van der Waals surface area (Å²) in [4.78, 5) is 23.9. The summed E-state index contributed by atoms with van der Waals surface area (Å²) < 4.78 is 7.32. The van der Waals surface area contributed by atoms with E-state index in [4.69, 9.17) is 4.74 Å². The Hall–Kier alpha value is -3.60. The van der Waals surface area contributed by atoms with Crippen LogP contribution in [0.2, 0.25) is 0 Å². The van der Waals surface area contributed by atoms with Gasteiger partial charge in [0.2, 0.25) is 0 Å². The zero-order valence-electron chi connectivity index (χ0n) is 17.5. The molecule has 0 radical (unpaired) electrons. The number of hydrogen-bond donors (Lipinski definition) is 1. The largest absolute Gasteiger partial charge is 0.496 e. The summed E-state index contributed by atoms with van der Waals surface area (Å²) in [7, 11) is 1.61. The molecular formula is C25H25NO4. The van der Waals surface area contributed by atoms with E-state index in [2.05, 4.69) is 20.8 Å². The van der Waals surface area contributed by atoms with Crippen LogP contribution in [0.3, 0.4) is 0 Å². The van der Waals surface area contributed by atoms with Crippen molar-refractivity contribution in [3.8, 4) is 11.4 Å². The van der Waals surface area contributed by atoms with E-state index in [1.54, 1.807) is 60.3 Å². The number of pyridine rings is 1. The first kappa shape index (κ1) is 21.1. The zero-order chi connectivity index (χ0) is 21.9. The summed E-state index contributed by atoms with van der Waals surface area (Å²) in [6.07, 6.45) is 5.31. The molecule has 3 aromatic rings. The summed E-state index contributed by atoms with van der Waals surface area (Å²) in [6, 6.07) is 15.7. The first-order chi connectivity index (χ1) is 14.2. The number of benzene rings is 2. The van der Waals surface area contributed by atoms with Gasteiger partial charge in [-0.2, -0.15) is 0 Å². The molecule has 0 unspecified atom stereocenters. The summed E-state index contributed by atoms with van der Waals surface area (Å²) in [5.41, 5.74) is 2.87. The Morgan fingerprint density at radius 2 is 1.67 bits per heavy atom. The molecule has 5 heteroatoms. The molecule has 0 atom stereocenters. The second kappa shape index (κ2) is 8.41. The molecule has 5 nitrogen and oxygen atoms in total. The monoisotopic (exact) mass is 403 g/mol. The minimum atomic E-state index is -0.984. The van der Waals surface area contributed by atoms with Crippen molar-refractivity contribution in [2.24, 2.45) is 0 Å². The van der Waals surface area contributed by atoms with Crippen LogP contribution in [0, 0.1) is 0 Å². The maximum atomic E-state index is 12.4. The highest BCUT2D eigenvalue weighted by Gasteiger charge is 2.22. The maximum Gasteiger partial charge on any atom is 0.336 e. The predicted molar refractivity (Wildman–Crippen MR) is 120 cm³/mol. The van der Waals surface area contributed by atoms with Crippen molar-refractivity contribution in [2.45, 2.75) is 26.2 Å². The van der Waals surface area contributed by atoms with Gasteiger partial charge in [-0.3, -0.25) is 9.36 Å². The lowest BCUT2D eigenvalue weighted by atomic mass is 9.84.